The second kappa shape index (κ2) is 7.02. The number of anilines is 1. The van der Waals surface area contributed by atoms with E-state index in [4.69, 9.17) is 0 Å². The van der Waals surface area contributed by atoms with Gasteiger partial charge in [0.15, 0.2) is 0 Å². The number of rotatable bonds is 6. The Kier molecular flexibility index (Phi) is 5.39. The molecule has 1 rings (SSSR count). The molecule has 0 saturated carbocycles. The molecule has 0 saturated heterocycles. The van der Waals surface area contributed by atoms with Crippen LogP contribution in [-0.2, 0) is 4.79 Å². The van der Waals surface area contributed by atoms with E-state index in [1.54, 1.807) is 6.92 Å². The first kappa shape index (κ1) is 15.3. The topological polar surface area (TPSA) is 126 Å². The zero-order valence-corrected chi connectivity index (χ0v) is 11.1. The molecule has 0 aliphatic heterocycles. The van der Waals surface area contributed by atoms with E-state index in [9.17, 15) is 19.7 Å². The highest BCUT2D eigenvalue weighted by atomic mass is 16.6. The van der Waals surface area contributed by atoms with Gasteiger partial charge in [-0.15, -0.1) is 0 Å². The van der Waals surface area contributed by atoms with E-state index in [1.807, 2.05) is 0 Å². The van der Waals surface area contributed by atoms with Gasteiger partial charge in [0.1, 0.15) is 12.0 Å². The van der Waals surface area contributed by atoms with Crippen LogP contribution in [0.2, 0.25) is 0 Å². The lowest BCUT2D eigenvalue weighted by Gasteiger charge is -2.09. The average Bonchev–Trinajstić information content (AvgIpc) is 2.44. The third kappa shape index (κ3) is 3.90. The fraction of sp³-hybridized carbons (Fsp3) is 0.364. The predicted octanol–water partition coefficient (Wildman–Crippen LogP) is -0.103. The minimum Gasteiger partial charge on any atom is -0.370 e. The van der Waals surface area contributed by atoms with Gasteiger partial charge in [-0.25, -0.2) is 4.98 Å². The maximum Gasteiger partial charge on any atom is 0.288 e. The smallest absolute Gasteiger partial charge is 0.288 e. The summed E-state index contributed by atoms with van der Waals surface area (Å²) in [6.07, 6.45) is 1.06. The quantitative estimate of drug-likeness (QED) is 0.493. The Balaban J connectivity index is 2.99. The van der Waals surface area contributed by atoms with Crippen LogP contribution in [0.25, 0.3) is 0 Å². The minimum atomic E-state index is -0.641. The van der Waals surface area contributed by atoms with E-state index in [1.165, 1.54) is 7.05 Å². The van der Waals surface area contributed by atoms with Gasteiger partial charge in [-0.3, -0.25) is 19.7 Å². The van der Waals surface area contributed by atoms with Crippen LogP contribution in [0.15, 0.2) is 12.3 Å². The largest absolute Gasteiger partial charge is 0.370 e. The van der Waals surface area contributed by atoms with Gasteiger partial charge in [0.05, 0.1) is 17.0 Å². The number of hydrogen-bond acceptors (Lipinski definition) is 6. The molecule has 108 valence electrons. The highest BCUT2D eigenvalue weighted by Gasteiger charge is 2.18. The molecule has 1 aromatic rings. The van der Waals surface area contributed by atoms with Crippen LogP contribution >= 0.6 is 0 Å². The highest BCUT2D eigenvalue weighted by molar-refractivity contribution is 6.00. The van der Waals surface area contributed by atoms with Crippen molar-refractivity contribution in [2.75, 3.05) is 25.5 Å². The van der Waals surface area contributed by atoms with Gasteiger partial charge >= 0.3 is 0 Å². The van der Waals surface area contributed by atoms with Crippen molar-refractivity contribution in [3.05, 3.63) is 27.9 Å². The zero-order valence-electron chi connectivity index (χ0n) is 11.1. The van der Waals surface area contributed by atoms with E-state index >= 15 is 0 Å². The van der Waals surface area contributed by atoms with Crippen LogP contribution in [-0.4, -0.2) is 41.9 Å². The molecule has 9 nitrogen and oxygen atoms in total. The highest BCUT2D eigenvalue weighted by Crippen LogP contribution is 2.18. The fourth-order valence-electron chi connectivity index (χ4n) is 1.38. The van der Waals surface area contributed by atoms with E-state index in [0.29, 0.717) is 6.54 Å². The van der Waals surface area contributed by atoms with Crippen molar-refractivity contribution in [2.45, 2.75) is 6.92 Å². The summed E-state index contributed by atoms with van der Waals surface area (Å²) in [4.78, 5) is 36.9. The molecule has 0 aromatic carbocycles. The lowest BCUT2D eigenvalue weighted by atomic mass is 10.2. The second-order valence-corrected chi connectivity index (χ2v) is 3.73. The Morgan fingerprint density at radius 2 is 2.15 bits per heavy atom. The van der Waals surface area contributed by atoms with Crippen molar-refractivity contribution in [3.63, 3.8) is 0 Å². The number of hydrogen-bond donors (Lipinski definition) is 3. The molecular formula is C11H15N5O4. The Hall–Kier alpha value is -2.71. The van der Waals surface area contributed by atoms with Crippen molar-refractivity contribution >= 4 is 23.3 Å². The number of aromatic nitrogens is 1. The van der Waals surface area contributed by atoms with Crippen molar-refractivity contribution in [2.24, 2.45) is 0 Å². The SMILES string of the molecule is CCNc1ncc([N+](=O)[O-])cc1C(=O)NCC(=O)NC. The molecule has 0 atom stereocenters. The van der Waals surface area contributed by atoms with E-state index < -0.39 is 10.8 Å². The summed E-state index contributed by atoms with van der Waals surface area (Å²) < 4.78 is 0. The maximum atomic E-state index is 11.9. The third-order valence-corrected chi connectivity index (χ3v) is 2.36. The maximum absolute atomic E-state index is 11.9. The summed E-state index contributed by atoms with van der Waals surface area (Å²) in [6.45, 7) is 2.08. The Bertz CT molecular complexity index is 532. The number of carbonyl (C=O) groups is 2. The summed E-state index contributed by atoms with van der Waals surface area (Å²) in [7, 11) is 1.44. The van der Waals surface area contributed by atoms with Gasteiger partial charge in [-0.05, 0) is 6.92 Å². The zero-order chi connectivity index (χ0) is 15.1. The van der Waals surface area contributed by atoms with Crippen LogP contribution in [0.3, 0.4) is 0 Å². The summed E-state index contributed by atoms with van der Waals surface area (Å²) >= 11 is 0. The number of nitrogens with zero attached hydrogens (tertiary/aromatic N) is 2. The van der Waals surface area contributed by atoms with Crippen molar-refractivity contribution < 1.29 is 14.5 Å². The molecule has 0 bridgehead atoms. The Morgan fingerprint density at radius 3 is 2.70 bits per heavy atom. The molecule has 0 fully saturated rings. The van der Waals surface area contributed by atoms with Crippen molar-refractivity contribution in [1.29, 1.82) is 0 Å². The Labute approximate surface area is 114 Å². The van der Waals surface area contributed by atoms with Gasteiger partial charge < -0.3 is 16.0 Å². The third-order valence-electron chi connectivity index (χ3n) is 2.36. The average molecular weight is 281 g/mol. The normalized spacial score (nSPS) is 9.70. The van der Waals surface area contributed by atoms with Crippen LogP contribution in [0.1, 0.15) is 17.3 Å². The molecular weight excluding hydrogens is 266 g/mol. The molecule has 0 unspecified atom stereocenters. The first-order valence-corrected chi connectivity index (χ1v) is 5.86. The van der Waals surface area contributed by atoms with E-state index in [2.05, 4.69) is 20.9 Å². The molecule has 0 spiro atoms. The molecule has 20 heavy (non-hydrogen) atoms. The van der Waals surface area contributed by atoms with E-state index in [-0.39, 0.29) is 29.5 Å². The van der Waals surface area contributed by atoms with Gasteiger partial charge in [0, 0.05) is 19.7 Å². The summed E-state index contributed by atoms with van der Waals surface area (Å²) in [5, 5.41) is 18.2. The lowest BCUT2D eigenvalue weighted by molar-refractivity contribution is -0.385. The van der Waals surface area contributed by atoms with E-state index in [0.717, 1.165) is 12.3 Å². The number of nitro groups is 1. The molecule has 0 radical (unpaired) electrons. The molecule has 1 aromatic heterocycles. The molecule has 1 heterocycles. The number of nitrogens with one attached hydrogen (secondary N) is 3. The number of amides is 2. The monoisotopic (exact) mass is 281 g/mol. The van der Waals surface area contributed by atoms with Gasteiger partial charge in [0.2, 0.25) is 5.91 Å². The predicted molar refractivity (Wildman–Crippen MR) is 71.5 cm³/mol. The minimum absolute atomic E-state index is 0.0185. The molecule has 3 N–H and O–H groups in total. The Morgan fingerprint density at radius 1 is 1.45 bits per heavy atom. The van der Waals surface area contributed by atoms with Gasteiger partial charge in [-0.1, -0.05) is 0 Å². The van der Waals surface area contributed by atoms with Crippen LogP contribution in [0, 0.1) is 10.1 Å². The summed E-state index contributed by atoms with van der Waals surface area (Å²) in [5.41, 5.74) is -0.276. The lowest BCUT2D eigenvalue weighted by Crippen LogP contribution is -2.35. The van der Waals surface area contributed by atoms with Crippen molar-refractivity contribution in [1.82, 2.24) is 15.6 Å². The molecule has 0 aliphatic carbocycles. The summed E-state index contributed by atoms with van der Waals surface area (Å²) in [5.74, 6) is -0.755. The summed E-state index contributed by atoms with van der Waals surface area (Å²) in [6, 6.07) is 1.12. The standard InChI is InChI=1S/C11H15N5O4/c1-3-13-10-8(4-7(5-14-10)16(19)20)11(18)15-6-9(17)12-2/h4-5H,3,6H2,1-2H3,(H,12,17)(H,13,14)(H,15,18). The van der Waals surface area contributed by atoms with Crippen LogP contribution in [0.4, 0.5) is 11.5 Å². The number of carbonyl (C=O) groups excluding carboxylic acids is 2. The van der Waals surface area contributed by atoms with Crippen LogP contribution < -0.4 is 16.0 Å². The fourth-order valence-corrected chi connectivity index (χ4v) is 1.38. The first-order valence-electron chi connectivity index (χ1n) is 5.86. The van der Waals surface area contributed by atoms with Gasteiger partial charge in [0.25, 0.3) is 11.6 Å². The van der Waals surface area contributed by atoms with Crippen LogP contribution in [0.5, 0.6) is 0 Å². The number of pyridine rings is 1. The second-order valence-electron chi connectivity index (χ2n) is 3.73. The molecule has 9 heteroatoms. The van der Waals surface area contributed by atoms with Gasteiger partial charge in [-0.2, -0.15) is 0 Å². The number of likely N-dealkylation sites (N-methyl/N-ethyl adjacent to an activating group) is 1. The molecule has 2 amide bonds. The van der Waals surface area contributed by atoms with Crippen molar-refractivity contribution in [3.8, 4) is 0 Å². The first-order chi connectivity index (χ1) is 9.49. The molecule has 0 aliphatic rings.